The number of fused-ring (bicyclic) bond motifs is 10. The normalized spacial score (nSPS) is 15.0. The lowest BCUT2D eigenvalue weighted by atomic mass is 10.0. The summed E-state index contributed by atoms with van der Waals surface area (Å²) in [6.45, 7) is 59.0. The topological polar surface area (TPSA) is 163 Å². The van der Waals surface area contributed by atoms with Crippen molar-refractivity contribution in [3.05, 3.63) is 193 Å². The maximum absolute atomic E-state index is 11.8. The Labute approximate surface area is 664 Å². The molecule has 1 amide bonds. The molecule has 0 aliphatic carbocycles. The minimum atomic E-state index is 0.0898. The number of hydrogen-bond donors (Lipinski definition) is 5. The van der Waals surface area contributed by atoms with Crippen LogP contribution in [0.2, 0.25) is 0 Å². The number of amides is 1. The van der Waals surface area contributed by atoms with Gasteiger partial charge >= 0.3 is 5.91 Å². The SMILES string of the molecule is CC(C)C.CC(C)C.CC(C)C.CC(C)C.CC(C)C.CC(C)C.CC(C)C.O=C1CNCC2=[N+]1c1ccccc1OC2.c1ccc2c(c1)CCCN2.c1ccc2c(c1)CCNC2.c1ccc2c(c1)NCCO2.c1ccc2c(c1)OCC1=[N+]2CCNC1.c1ccc2c(c1)OCC1=[N+]2CCOC1.c1cn2ccnc2cn1. The number of aryl methyl sites for hydroxylation is 1. The summed E-state index contributed by atoms with van der Waals surface area (Å²) < 4.78 is 36.0. The van der Waals surface area contributed by atoms with E-state index >= 15 is 0 Å². The molecule has 0 spiro atoms. The second kappa shape index (κ2) is 54.0. The number of aromatic nitrogens is 3. The molecule has 8 aromatic rings. The van der Waals surface area contributed by atoms with Gasteiger partial charge in [-0.3, -0.25) is 10.3 Å². The average molecular weight is 1510 g/mol. The number of carbonyl (C=O) groups excluding carboxylic acids is 1. The van der Waals surface area contributed by atoms with Gasteiger partial charge in [-0.2, -0.15) is 9.15 Å². The van der Waals surface area contributed by atoms with Gasteiger partial charge in [-0.25, -0.2) is 9.78 Å². The zero-order valence-electron chi connectivity index (χ0n) is 71.4. The van der Waals surface area contributed by atoms with Crippen molar-refractivity contribution in [1.82, 2.24) is 30.3 Å². The fourth-order valence-corrected chi connectivity index (χ4v) is 10.7. The average Bonchev–Trinajstić information content (AvgIpc) is 0.858. The van der Waals surface area contributed by atoms with E-state index in [9.17, 15) is 4.79 Å². The summed E-state index contributed by atoms with van der Waals surface area (Å²) >= 11 is 0. The number of carbonyl (C=O) groups is 1. The van der Waals surface area contributed by atoms with E-state index in [1.54, 1.807) is 23.2 Å². The van der Waals surface area contributed by atoms with Crippen LogP contribution < -0.4 is 45.5 Å². The zero-order chi connectivity index (χ0) is 80.6. The van der Waals surface area contributed by atoms with Crippen LogP contribution in [0.5, 0.6) is 23.0 Å². The van der Waals surface area contributed by atoms with Gasteiger partial charge in [0.1, 0.15) is 32.1 Å². The zero-order valence-corrected chi connectivity index (χ0v) is 71.4. The van der Waals surface area contributed by atoms with Crippen LogP contribution in [0.15, 0.2) is 177 Å². The van der Waals surface area contributed by atoms with Crippen molar-refractivity contribution in [1.29, 1.82) is 0 Å². The molecule has 602 valence electrons. The predicted molar refractivity (Wildman–Crippen MR) is 464 cm³/mol. The number of nitrogens with zero attached hydrogens (tertiary/aromatic N) is 6. The highest BCUT2D eigenvalue weighted by atomic mass is 16.5. The first-order valence-electron chi connectivity index (χ1n) is 40.6. The molecule has 17 heteroatoms. The minimum absolute atomic E-state index is 0.0898. The molecule has 5 N–H and O–H groups in total. The van der Waals surface area contributed by atoms with Crippen molar-refractivity contribution < 1.29 is 42.2 Å². The Morgan fingerprint density at radius 3 is 1.40 bits per heavy atom. The van der Waals surface area contributed by atoms with Crippen molar-refractivity contribution in [3.63, 3.8) is 0 Å². The quantitative estimate of drug-likeness (QED) is 0.0913. The van der Waals surface area contributed by atoms with E-state index in [2.05, 4.69) is 258 Å². The smallest absolute Gasteiger partial charge is 0.406 e. The van der Waals surface area contributed by atoms with Crippen LogP contribution in [0.1, 0.15) is 169 Å². The monoisotopic (exact) mass is 1510 g/mol. The van der Waals surface area contributed by atoms with Crippen LogP contribution in [0, 0.1) is 41.4 Å². The minimum Gasteiger partial charge on any atom is -0.490 e. The maximum atomic E-state index is 11.8. The van der Waals surface area contributed by atoms with E-state index in [4.69, 9.17) is 23.7 Å². The Bertz CT molecular complexity index is 3560. The summed E-state index contributed by atoms with van der Waals surface area (Å²) in [7, 11) is 0. The van der Waals surface area contributed by atoms with E-state index in [0.29, 0.717) is 26.4 Å². The fourth-order valence-electron chi connectivity index (χ4n) is 10.7. The lowest BCUT2D eigenvalue weighted by Crippen LogP contribution is -2.47. The number of para-hydroxylation sites is 9. The van der Waals surface area contributed by atoms with Gasteiger partial charge in [-0.15, -0.1) is 4.58 Å². The Balaban J connectivity index is 0.000000258. The summed E-state index contributed by atoms with van der Waals surface area (Å²) in [5.74, 6) is 9.67. The number of hydrogen-bond acceptors (Lipinski definition) is 13. The molecular formula is C93H142N11O6+3. The Morgan fingerprint density at radius 2 is 0.836 bits per heavy atom. The van der Waals surface area contributed by atoms with Crippen molar-refractivity contribution in [2.24, 2.45) is 41.4 Å². The second-order valence-electron chi connectivity index (χ2n) is 32.4. The molecule has 11 heterocycles. The van der Waals surface area contributed by atoms with Gasteiger partial charge in [-0.1, -0.05) is 236 Å². The predicted octanol–water partition coefficient (Wildman–Crippen LogP) is 19.5. The van der Waals surface area contributed by atoms with Crippen molar-refractivity contribution in [2.75, 3.05) is 109 Å². The molecule has 0 saturated carbocycles. The van der Waals surface area contributed by atoms with E-state index in [1.165, 1.54) is 64.4 Å². The van der Waals surface area contributed by atoms with Gasteiger partial charge in [0.2, 0.25) is 28.5 Å². The Kier molecular flexibility index (Phi) is 46.0. The maximum Gasteiger partial charge on any atom is 0.406 e. The summed E-state index contributed by atoms with van der Waals surface area (Å²) in [4.78, 5) is 19.7. The molecule has 0 radical (unpaired) electrons. The van der Waals surface area contributed by atoms with Gasteiger partial charge in [0.15, 0.2) is 55.8 Å². The summed E-state index contributed by atoms with van der Waals surface area (Å²) in [6, 6.07) is 49.2. The molecule has 0 saturated heterocycles. The molecule has 9 aliphatic heterocycles. The van der Waals surface area contributed by atoms with Crippen LogP contribution in [0.3, 0.4) is 0 Å². The molecule has 17 nitrogen and oxygen atoms in total. The van der Waals surface area contributed by atoms with Crippen LogP contribution in [0.4, 0.5) is 28.4 Å². The van der Waals surface area contributed by atoms with Crippen LogP contribution in [-0.2, 0) is 28.9 Å². The summed E-state index contributed by atoms with van der Waals surface area (Å²) in [5.41, 5.74) is 14.6. The Hall–Kier alpha value is -8.74. The highest BCUT2D eigenvalue weighted by Gasteiger charge is 2.36. The first-order valence-corrected chi connectivity index (χ1v) is 40.6. The lowest BCUT2D eigenvalue weighted by Gasteiger charge is -2.21. The molecule has 2 aromatic heterocycles. The third-order valence-corrected chi connectivity index (χ3v) is 14.8. The largest absolute Gasteiger partial charge is 0.490 e. The first kappa shape index (κ1) is 93.6. The van der Waals surface area contributed by atoms with Crippen LogP contribution >= 0.6 is 0 Å². The molecule has 9 aliphatic rings. The van der Waals surface area contributed by atoms with Gasteiger partial charge in [-0.05, 0) is 120 Å². The van der Waals surface area contributed by atoms with E-state index in [0.717, 1.165) is 166 Å². The van der Waals surface area contributed by atoms with Gasteiger partial charge in [0.05, 0.1) is 31.5 Å². The van der Waals surface area contributed by atoms with Crippen molar-refractivity contribution >= 4 is 57.1 Å². The van der Waals surface area contributed by atoms with Crippen molar-refractivity contribution in [2.45, 2.75) is 171 Å². The van der Waals surface area contributed by atoms with Gasteiger partial charge < -0.3 is 49.4 Å². The van der Waals surface area contributed by atoms with Gasteiger partial charge in [0, 0.05) is 68.3 Å². The number of nitrogens with one attached hydrogen (secondary N) is 5. The molecular weight excluding hydrogens is 1370 g/mol. The number of imidazole rings is 1. The highest BCUT2D eigenvalue weighted by molar-refractivity contribution is 5.94. The lowest BCUT2D eigenvalue weighted by molar-refractivity contribution is -0.461. The van der Waals surface area contributed by atoms with Crippen LogP contribution in [0.25, 0.3) is 5.65 Å². The number of anilines is 2. The molecule has 0 fully saturated rings. The van der Waals surface area contributed by atoms with E-state index < -0.39 is 0 Å². The van der Waals surface area contributed by atoms with Crippen molar-refractivity contribution in [3.8, 4) is 23.0 Å². The van der Waals surface area contributed by atoms with E-state index in [-0.39, 0.29) is 5.91 Å². The molecule has 0 atom stereocenters. The number of rotatable bonds is 0. The summed E-state index contributed by atoms with van der Waals surface area (Å²) in [6.07, 6.45) is 12.7. The Morgan fingerprint density at radius 1 is 0.382 bits per heavy atom. The third-order valence-electron chi connectivity index (χ3n) is 14.8. The molecule has 0 bridgehead atoms. The van der Waals surface area contributed by atoms with Crippen LogP contribution in [-0.4, -0.2) is 150 Å². The molecule has 0 unspecified atom stereocenters. The number of ether oxygens (including phenoxy) is 5. The fraction of sp³-hybridized carbons (Fsp3) is 0.505. The second-order valence-corrected chi connectivity index (χ2v) is 32.4. The van der Waals surface area contributed by atoms with Gasteiger partial charge in [0.25, 0.3) is 5.69 Å². The first-order chi connectivity index (χ1) is 52.7. The molecule has 6 aromatic carbocycles. The highest BCUT2D eigenvalue weighted by Crippen LogP contribution is 2.33. The summed E-state index contributed by atoms with van der Waals surface area (Å²) in [5, 5.41) is 16.4. The molecule has 110 heavy (non-hydrogen) atoms. The number of benzene rings is 6. The molecule has 17 rings (SSSR count). The standard InChI is InChI=1S/C11H11N2O2.C11H13N2O.C11H12NO2.2C9H11N.C8H9NO.C6H5N3.7C4H10/c14-11-6-12-5-8-7-15-10-4-2-1-3-9(10)13(8)11;1-2-4-11-10(3-1)13-6-5-12-7-9(13)8-14-11;1-2-4-11-10(3-1)12-5-6-13-7-9(12)8-14-11;1-2-6-9-8(4-1)5-3-7-10-9;1-2-4-9-7-10-6-5-8(9)3-1;1-2-4-8-7(3-1)9-5-6-10-8;1-3-9-4-2-8-6(9)5-7-1;7*1-4(2)3/h1-4,12H,5-7H2;1-4,12H,5-8H2;1-4H,5-8H2;1-2,4,6,10H,3,5,7H2;1-4,10H,5-7H2;1-4,9H,5-6H2;1-5H;7*4H,1-3H3/q3*+1;;;;;;;;;;;. The van der Waals surface area contributed by atoms with E-state index in [1.807, 2.05) is 95.7 Å². The third kappa shape index (κ3) is 38.3.